The second kappa shape index (κ2) is 6.23. The number of pyridine rings is 1. The van der Waals surface area contributed by atoms with Gasteiger partial charge in [-0.2, -0.15) is 13.5 Å². The zero-order valence-electron chi connectivity index (χ0n) is 12.2. The van der Waals surface area contributed by atoms with Crippen LogP contribution in [0.1, 0.15) is 25.1 Å². The summed E-state index contributed by atoms with van der Waals surface area (Å²) in [6.07, 6.45) is 3.13. The highest BCUT2D eigenvalue weighted by atomic mass is 32.2. The standard InChI is InChI=1S/C13H19N5O2S/c1-9(2)15-7-11-8-16-17-13(11)21(19,20)18-12-5-4-6-14-10(12)3/h4-6,8-9,15,18H,7H2,1-3H3,(H,16,17). The molecule has 0 spiro atoms. The van der Waals surface area contributed by atoms with E-state index >= 15 is 0 Å². The van der Waals surface area contributed by atoms with Gasteiger partial charge in [-0.05, 0) is 19.1 Å². The van der Waals surface area contributed by atoms with Crippen molar-refractivity contribution in [3.63, 3.8) is 0 Å². The van der Waals surface area contributed by atoms with Crippen LogP contribution in [0.15, 0.2) is 29.6 Å². The molecule has 0 fully saturated rings. The van der Waals surface area contributed by atoms with Crippen LogP contribution in [0.4, 0.5) is 5.69 Å². The van der Waals surface area contributed by atoms with Gasteiger partial charge in [0.2, 0.25) is 0 Å². The smallest absolute Gasteiger partial charge is 0.279 e. The first-order chi connectivity index (χ1) is 9.90. The Hall–Kier alpha value is -1.93. The van der Waals surface area contributed by atoms with Crippen LogP contribution < -0.4 is 10.0 Å². The van der Waals surface area contributed by atoms with Crippen molar-refractivity contribution in [3.8, 4) is 0 Å². The van der Waals surface area contributed by atoms with Crippen LogP contribution in [-0.4, -0.2) is 29.6 Å². The molecule has 3 N–H and O–H groups in total. The number of aromatic nitrogens is 3. The number of aryl methyl sites for hydroxylation is 1. The summed E-state index contributed by atoms with van der Waals surface area (Å²) in [5.74, 6) is 0. The van der Waals surface area contributed by atoms with Crippen molar-refractivity contribution in [2.45, 2.75) is 38.4 Å². The lowest BCUT2D eigenvalue weighted by atomic mass is 10.3. The van der Waals surface area contributed by atoms with Gasteiger partial charge in [0, 0.05) is 24.3 Å². The van der Waals surface area contributed by atoms with Gasteiger partial charge < -0.3 is 5.32 Å². The van der Waals surface area contributed by atoms with E-state index in [4.69, 9.17) is 0 Å². The molecule has 114 valence electrons. The summed E-state index contributed by atoms with van der Waals surface area (Å²) in [4.78, 5) is 4.06. The van der Waals surface area contributed by atoms with Crippen molar-refractivity contribution >= 4 is 15.7 Å². The molecule has 0 radical (unpaired) electrons. The number of aromatic amines is 1. The van der Waals surface area contributed by atoms with Crippen molar-refractivity contribution in [2.24, 2.45) is 0 Å². The Labute approximate surface area is 124 Å². The fraction of sp³-hybridized carbons (Fsp3) is 0.385. The summed E-state index contributed by atoms with van der Waals surface area (Å²) >= 11 is 0. The Balaban J connectivity index is 2.24. The molecule has 21 heavy (non-hydrogen) atoms. The predicted molar refractivity (Wildman–Crippen MR) is 80.3 cm³/mol. The Bertz CT molecular complexity index is 709. The minimum Gasteiger partial charge on any atom is -0.310 e. The Morgan fingerprint density at radius 3 is 2.81 bits per heavy atom. The Morgan fingerprint density at radius 1 is 1.38 bits per heavy atom. The van der Waals surface area contributed by atoms with Crippen LogP contribution in [-0.2, 0) is 16.6 Å². The maximum atomic E-state index is 12.4. The van der Waals surface area contributed by atoms with Gasteiger partial charge in [-0.15, -0.1) is 0 Å². The summed E-state index contributed by atoms with van der Waals surface area (Å²) < 4.78 is 27.4. The summed E-state index contributed by atoms with van der Waals surface area (Å²) in [6, 6.07) is 3.60. The number of hydrogen-bond acceptors (Lipinski definition) is 5. The van der Waals surface area contributed by atoms with Gasteiger partial charge in [-0.3, -0.25) is 14.8 Å². The number of nitrogens with zero attached hydrogens (tertiary/aromatic N) is 2. The number of H-pyrrole nitrogens is 1. The molecule has 0 aliphatic carbocycles. The molecule has 8 heteroatoms. The second-order valence-electron chi connectivity index (χ2n) is 5.00. The average Bonchev–Trinajstić information content (AvgIpc) is 2.88. The monoisotopic (exact) mass is 309 g/mol. The zero-order chi connectivity index (χ0) is 15.5. The maximum absolute atomic E-state index is 12.4. The van der Waals surface area contributed by atoms with E-state index < -0.39 is 10.0 Å². The van der Waals surface area contributed by atoms with E-state index in [0.29, 0.717) is 23.5 Å². The molecule has 0 saturated carbocycles. The first-order valence-electron chi connectivity index (χ1n) is 6.60. The fourth-order valence-electron chi connectivity index (χ4n) is 1.76. The lowest BCUT2D eigenvalue weighted by molar-refractivity contribution is 0.574. The van der Waals surface area contributed by atoms with Crippen LogP contribution in [0.3, 0.4) is 0 Å². The third-order valence-electron chi connectivity index (χ3n) is 2.90. The first-order valence-corrected chi connectivity index (χ1v) is 8.08. The number of hydrogen-bond donors (Lipinski definition) is 3. The van der Waals surface area contributed by atoms with Gasteiger partial charge in [0.05, 0.1) is 17.6 Å². The number of rotatable bonds is 6. The molecule has 0 bridgehead atoms. The number of nitrogens with one attached hydrogen (secondary N) is 3. The second-order valence-corrected chi connectivity index (χ2v) is 6.62. The van der Waals surface area contributed by atoms with E-state index in [0.717, 1.165) is 0 Å². The molecule has 0 amide bonds. The van der Waals surface area contributed by atoms with Crippen LogP contribution in [0.25, 0.3) is 0 Å². The molecule has 0 saturated heterocycles. The van der Waals surface area contributed by atoms with Crippen LogP contribution in [0, 0.1) is 6.92 Å². The number of anilines is 1. The van der Waals surface area contributed by atoms with Gasteiger partial charge in [-0.25, -0.2) is 0 Å². The quantitative estimate of drug-likeness (QED) is 0.749. The topological polar surface area (TPSA) is 99.8 Å². The molecule has 0 aliphatic rings. The largest absolute Gasteiger partial charge is 0.310 e. The highest BCUT2D eigenvalue weighted by Gasteiger charge is 2.21. The van der Waals surface area contributed by atoms with Gasteiger partial charge in [-0.1, -0.05) is 13.8 Å². The van der Waals surface area contributed by atoms with Gasteiger partial charge in [0.15, 0.2) is 5.03 Å². The van der Waals surface area contributed by atoms with Crippen molar-refractivity contribution in [2.75, 3.05) is 4.72 Å². The van der Waals surface area contributed by atoms with E-state index in [2.05, 4.69) is 25.2 Å². The molecule has 0 aromatic carbocycles. The molecule has 2 heterocycles. The van der Waals surface area contributed by atoms with E-state index in [9.17, 15) is 8.42 Å². The third kappa shape index (κ3) is 3.79. The summed E-state index contributed by atoms with van der Waals surface area (Å²) in [5.41, 5.74) is 1.66. The Kier molecular flexibility index (Phi) is 4.59. The average molecular weight is 309 g/mol. The van der Waals surface area contributed by atoms with Crippen molar-refractivity contribution in [1.82, 2.24) is 20.5 Å². The predicted octanol–water partition coefficient (Wildman–Crippen LogP) is 1.41. The van der Waals surface area contributed by atoms with E-state index in [1.165, 1.54) is 6.20 Å². The molecule has 2 aromatic rings. The fourth-order valence-corrected chi connectivity index (χ4v) is 3.01. The van der Waals surface area contributed by atoms with Crippen molar-refractivity contribution in [1.29, 1.82) is 0 Å². The van der Waals surface area contributed by atoms with Crippen molar-refractivity contribution < 1.29 is 8.42 Å². The molecular formula is C13H19N5O2S. The normalized spacial score (nSPS) is 11.8. The van der Waals surface area contributed by atoms with E-state index in [1.807, 2.05) is 13.8 Å². The summed E-state index contributed by atoms with van der Waals surface area (Å²) in [7, 11) is -3.72. The van der Waals surface area contributed by atoms with E-state index in [1.54, 1.807) is 25.3 Å². The van der Waals surface area contributed by atoms with Crippen LogP contribution in [0.2, 0.25) is 0 Å². The van der Waals surface area contributed by atoms with Gasteiger partial charge in [0.1, 0.15) is 0 Å². The zero-order valence-corrected chi connectivity index (χ0v) is 13.0. The third-order valence-corrected chi connectivity index (χ3v) is 4.28. The first kappa shape index (κ1) is 15.5. The SMILES string of the molecule is Cc1ncccc1NS(=O)(=O)c1[nH]ncc1CNC(C)C. The highest BCUT2D eigenvalue weighted by molar-refractivity contribution is 7.92. The van der Waals surface area contributed by atoms with E-state index in [-0.39, 0.29) is 11.1 Å². The summed E-state index contributed by atoms with van der Waals surface area (Å²) in [6.45, 7) is 6.15. The lowest BCUT2D eigenvalue weighted by Crippen LogP contribution is -2.23. The highest BCUT2D eigenvalue weighted by Crippen LogP contribution is 2.19. The van der Waals surface area contributed by atoms with Crippen molar-refractivity contribution in [3.05, 3.63) is 35.8 Å². The van der Waals surface area contributed by atoms with Crippen LogP contribution >= 0.6 is 0 Å². The van der Waals surface area contributed by atoms with Gasteiger partial charge in [0.25, 0.3) is 10.0 Å². The molecule has 0 aliphatic heterocycles. The minimum atomic E-state index is -3.72. The molecule has 7 nitrogen and oxygen atoms in total. The number of sulfonamides is 1. The summed E-state index contributed by atoms with van der Waals surface area (Å²) in [5, 5.41) is 9.62. The maximum Gasteiger partial charge on any atom is 0.279 e. The van der Waals surface area contributed by atoms with Gasteiger partial charge >= 0.3 is 0 Å². The Morgan fingerprint density at radius 2 is 2.14 bits per heavy atom. The minimum absolute atomic E-state index is 0.0684. The molecule has 2 aromatic heterocycles. The molecule has 0 unspecified atom stereocenters. The molecule has 2 rings (SSSR count). The molecular weight excluding hydrogens is 290 g/mol. The molecule has 0 atom stereocenters. The van der Waals surface area contributed by atoms with Crippen LogP contribution in [0.5, 0.6) is 0 Å². The lowest BCUT2D eigenvalue weighted by Gasteiger charge is -2.11.